The molecule has 1 aromatic carbocycles. The molecule has 0 aromatic heterocycles. The Balaban J connectivity index is 1.75. The van der Waals surface area contributed by atoms with Crippen molar-refractivity contribution in [2.45, 2.75) is 64.2 Å². The summed E-state index contributed by atoms with van der Waals surface area (Å²) in [6.45, 7) is 7.80. The molecule has 138 valence electrons. The van der Waals surface area contributed by atoms with Gasteiger partial charge < -0.3 is 20.5 Å². The summed E-state index contributed by atoms with van der Waals surface area (Å²) in [5.74, 6) is 2.05. The maximum atomic E-state index is 10.0. The molecule has 3 rings (SSSR count). The molecule has 1 aliphatic carbocycles. The van der Waals surface area contributed by atoms with E-state index >= 15 is 0 Å². The van der Waals surface area contributed by atoms with E-state index in [4.69, 9.17) is 9.73 Å². The molecule has 5 nitrogen and oxygen atoms in total. The van der Waals surface area contributed by atoms with Crippen molar-refractivity contribution in [2.24, 2.45) is 10.9 Å². The molecule has 1 heterocycles. The van der Waals surface area contributed by atoms with E-state index in [0.717, 1.165) is 43.9 Å². The van der Waals surface area contributed by atoms with Gasteiger partial charge in [0.05, 0.1) is 12.1 Å². The smallest absolute Gasteiger partial charge is 0.191 e. The maximum absolute atomic E-state index is 10.0. The van der Waals surface area contributed by atoms with Crippen molar-refractivity contribution in [3.8, 4) is 5.75 Å². The SMILES string of the molecule is CCNC(=NCC1CCCC1O)NC1CC(C)(C)Oc2ccccc21. The van der Waals surface area contributed by atoms with E-state index in [2.05, 4.69) is 37.5 Å². The van der Waals surface area contributed by atoms with Crippen LogP contribution in [0.15, 0.2) is 29.3 Å². The van der Waals surface area contributed by atoms with Crippen molar-refractivity contribution >= 4 is 5.96 Å². The molecule has 5 heteroatoms. The molecule has 3 atom stereocenters. The molecule has 2 aliphatic rings. The topological polar surface area (TPSA) is 65.9 Å². The Labute approximate surface area is 150 Å². The summed E-state index contributed by atoms with van der Waals surface area (Å²) in [7, 11) is 0. The fraction of sp³-hybridized carbons (Fsp3) is 0.650. The third-order valence-corrected chi connectivity index (χ3v) is 5.13. The Morgan fingerprint density at radius 3 is 2.84 bits per heavy atom. The number of para-hydroxylation sites is 1. The van der Waals surface area contributed by atoms with Crippen molar-refractivity contribution in [1.29, 1.82) is 0 Å². The van der Waals surface area contributed by atoms with E-state index < -0.39 is 0 Å². The van der Waals surface area contributed by atoms with Gasteiger partial charge in [0.25, 0.3) is 0 Å². The molecule has 1 saturated carbocycles. The molecule has 0 spiro atoms. The van der Waals surface area contributed by atoms with Crippen molar-refractivity contribution in [3.05, 3.63) is 29.8 Å². The van der Waals surface area contributed by atoms with E-state index in [1.165, 1.54) is 5.56 Å². The summed E-state index contributed by atoms with van der Waals surface area (Å²) in [5.41, 5.74) is 0.957. The van der Waals surface area contributed by atoms with Crippen LogP contribution in [0.25, 0.3) is 0 Å². The zero-order valence-electron chi connectivity index (χ0n) is 15.6. The van der Waals surface area contributed by atoms with E-state index in [9.17, 15) is 5.11 Å². The van der Waals surface area contributed by atoms with Crippen LogP contribution in [0.4, 0.5) is 0 Å². The van der Waals surface area contributed by atoms with Crippen LogP contribution >= 0.6 is 0 Å². The number of nitrogens with one attached hydrogen (secondary N) is 2. The van der Waals surface area contributed by atoms with Gasteiger partial charge in [-0.15, -0.1) is 0 Å². The van der Waals surface area contributed by atoms with E-state index in [-0.39, 0.29) is 23.7 Å². The monoisotopic (exact) mass is 345 g/mol. The van der Waals surface area contributed by atoms with E-state index in [1.807, 2.05) is 18.2 Å². The number of aliphatic hydroxyl groups excluding tert-OH is 1. The van der Waals surface area contributed by atoms with Gasteiger partial charge in [0.2, 0.25) is 0 Å². The minimum Gasteiger partial charge on any atom is -0.487 e. The lowest BCUT2D eigenvalue weighted by Gasteiger charge is -2.38. The number of aliphatic imine (C=N–C) groups is 1. The molecule has 1 aromatic rings. The minimum atomic E-state index is -0.217. The summed E-state index contributed by atoms with van der Waals surface area (Å²) < 4.78 is 6.11. The second-order valence-corrected chi connectivity index (χ2v) is 7.78. The third kappa shape index (κ3) is 4.46. The Bertz CT molecular complexity index is 615. The minimum absolute atomic E-state index is 0.159. The average Bonchev–Trinajstić information content (AvgIpc) is 2.97. The molecule has 3 unspecified atom stereocenters. The van der Waals surface area contributed by atoms with Gasteiger partial charge in [0.15, 0.2) is 5.96 Å². The fourth-order valence-electron chi connectivity index (χ4n) is 3.85. The van der Waals surface area contributed by atoms with Gasteiger partial charge >= 0.3 is 0 Å². The summed E-state index contributed by atoms with van der Waals surface area (Å²) in [6.07, 6.45) is 3.75. The van der Waals surface area contributed by atoms with Gasteiger partial charge in [0.1, 0.15) is 11.4 Å². The Morgan fingerprint density at radius 2 is 2.12 bits per heavy atom. The summed E-state index contributed by atoms with van der Waals surface area (Å²) in [6, 6.07) is 8.37. The molecule has 3 N–H and O–H groups in total. The average molecular weight is 345 g/mol. The molecule has 0 radical (unpaired) electrons. The number of aliphatic hydroxyl groups is 1. The van der Waals surface area contributed by atoms with Gasteiger partial charge in [0, 0.05) is 31.0 Å². The highest BCUT2D eigenvalue weighted by molar-refractivity contribution is 5.80. The lowest BCUT2D eigenvalue weighted by Crippen LogP contribution is -2.45. The normalized spacial score (nSPS) is 28.2. The Hall–Kier alpha value is -1.75. The Morgan fingerprint density at radius 1 is 1.32 bits per heavy atom. The summed E-state index contributed by atoms with van der Waals surface area (Å²) in [4.78, 5) is 4.75. The lowest BCUT2D eigenvalue weighted by molar-refractivity contribution is 0.0694. The molecular formula is C20H31N3O2. The largest absolute Gasteiger partial charge is 0.487 e. The van der Waals surface area contributed by atoms with Crippen LogP contribution in [0.1, 0.15) is 58.1 Å². The van der Waals surface area contributed by atoms with Crippen LogP contribution in [-0.2, 0) is 0 Å². The van der Waals surface area contributed by atoms with Gasteiger partial charge in [-0.25, -0.2) is 0 Å². The van der Waals surface area contributed by atoms with Crippen molar-refractivity contribution < 1.29 is 9.84 Å². The first-order valence-electron chi connectivity index (χ1n) is 9.49. The molecule has 0 saturated heterocycles. The van der Waals surface area contributed by atoms with Gasteiger partial charge in [-0.05, 0) is 39.7 Å². The number of ether oxygens (including phenoxy) is 1. The maximum Gasteiger partial charge on any atom is 0.191 e. The molecule has 0 bridgehead atoms. The second-order valence-electron chi connectivity index (χ2n) is 7.78. The van der Waals surface area contributed by atoms with Crippen molar-refractivity contribution in [3.63, 3.8) is 0 Å². The number of hydrogen-bond donors (Lipinski definition) is 3. The predicted molar refractivity (Wildman–Crippen MR) is 101 cm³/mol. The second kappa shape index (κ2) is 7.65. The lowest BCUT2D eigenvalue weighted by atomic mass is 9.90. The van der Waals surface area contributed by atoms with Gasteiger partial charge in [-0.1, -0.05) is 24.6 Å². The van der Waals surface area contributed by atoms with Gasteiger partial charge in [-0.2, -0.15) is 0 Å². The fourth-order valence-corrected chi connectivity index (χ4v) is 3.85. The van der Waals surface area contributed by atoms with E-state index in [1.54, 1.807) is 0 Å². The zero-order valence-corrected chi connectivity index (χ0v) is 15.6. The Kier molecular flexibility index (Phi) is 5.52. The van der Waals surface area contributed by atoms with Crippen LogP contribution < -0.4 is 15.4 Å². The molecular weight excluding hydrogens is 314 g/mol. The first-order valence-corrected chi connectivity index (χ1v) is 9.49. The first kappa shape index (κ1) is 18.1. The number of guanidine groups is 1. The van der Waals surface area contributed by atoms with Crippen LogP contribution in [0.2, 0.25) is 0 Å². The van der Waals surface area contributed by atoms with E-state index in [0.29, 0.717) is 6.54 Å². The standard InChI is InChI=1S/C20H31N3O2/c1-4-21-19(22-13-14-8-7-10-17(14)24)23-16-12-20(2,3)25-18-11-6-5-9-15(16)18/h5-6,9,11,14,16-17,24H,4,7-8,10,12-13H2,1-3H3,(H2,21,22,23). The highest BCUT2D eigenvalue weighted by atomic mass is 16.5. The molecule has 0 amide bonds. The van der Waals surface area contributed by atoms with Crippen LogP contribution in [0.5, 0.6) is 5.75 Å². The number of benzene rings is 1. The summed E-state index contributed by atoms with van der Waals surface area (Å²) >= 11 is 0. The third-order valence-electron chi connectivity index (χ3n) is 5.13. The quantitative estimate of drug-likeness (QED) is 0.580. The van der Waals surface area contributed by atoms with Crippen molar-refractivity contribution in [2.75, 3.05) is 13.1 Å². The highest BCUT2D eigenvalue weighted by Gasteiger charge is 2.34. The molecule has 25 heavy (non-hydrogen) atoms. The summed E-state index contributed by atoms with van der Waals surface area (Å²) in [5, 5.41) is 17.0. The zero-order chi connectivity index (χ0) is 17.9. The number of nitrogens with zero attached hydrogens (tertiary/aromatic N) is 1. The first-order chi connectivity index (χ1) is 12.0. The predicted octanol–water partition coefficient (Wildman–Crippen LogP) is 3.00. The number of rotatable bonds is 4. The number of hydrogen-bond acceptors (Lipinski definition) is 3. The molecule has 1 fully saturated rings. The van der Waals surface area contributed by atoms with Crippen LogP contribution in [0.3, 0.4) is 0 Å². The van der Waals surface area contributed by atoms with Crippen LogP contribution in [-0.4, -0.2) is 35.9 Å². The molecule has 1 aliphatic heterocycles. The number of fused-ring (bicyclic) bond motifs is 1. The van der Waals surface area contributed by atoms with Crippen molar-refractivity contribution in [1.82, 2.24) is 10.6 Å². The van der Waals surface area contributed by atoms with Crippen LogP contribution in [0, 0.1) is 5.92 Å². The van der Waals surface area contributed by atoms with Gasteiger partial charge in [-0.3, -0.25) is 4.99 Å². The highest BCUT2D eigenvalue weighted by Crippen LogP contribution is 2.39.